The second-order valence-corrected chi connectivity index (χ2v) is 3.74. The Labute approximate surface area is 96.1 Å². The lowest BCUT2D eigenvalue weighted by atomic mass is 10.1. The van der Waals surface area contributed by atoms with Crippen molar-refractivity contribution in [3.05, 3.63) is 33.8 Å². The molecule has 15 heavy (non-hydrogen) atoms. The minimum atomic E-state index is -0.296. The van der Waals surface area contributed by atoms with E-state index < -0.39 is 0 Å². The Morgan fingerprint density at radius 1 is 1.53 bits per heavy atom. The topological polar surface area (TPSA) is 53.3 Å². The van der Waals surface area contributed by atoms with Crippen LogP contribution < -0.4 is 0 Å². The number of carbonyl (C=O) groups is 1. The molecule has 0 fully saturated rings. The first-order valence-electron chi connectivity index (χ1n) is 4.11. The smallest absolute Gasteiger partial charge is 0.274 e. The number of amides is 1. The molecule has 0 aromatic heterocycles. The fraction of sp³-hybridized carbons (Fsp3) is 0.200. The molecule has 1 rings (SSSR count). The number of carbonyl (C=O) groups excluding carboxylic acids is 1. The van der Waals surface area contributed by atoms with Crippen LogP contribution in [0.1, 0.15) is 15.9 Å². The minimum Gasteiger partial charge on any atom is -0.274 e. The van der Waals surface area contributed by atoms with E-state index in [-0.39, 0.29) is 5.91 Å². The van der Waals surface area contributed by atoms with Crippen molar-refractivity contribution in [1.82, 2.24) is 5.06 Å². The molecule has 0 bridgehead atoms. The van der Waals surface area contributed by atoms with Crippen LogP contribution in [-0.4, -0.2) is 25.1 Å². The first-order chi connectivity index (χ1) is 7.08. The number of rotatable bonds is 2. The van der Waals surface area contributed by atoms with E-state index in [1.807, 2.05) is 6.07 Å². The molecular formula is C10H9BrN2O2. The first kappa shape index (κ1) is 11.7. The van der Waals surface area contributed by atoms with Crippen LogP contribution in [0.3, 0.4) is 0 Å². The first-order valence-corrected chi connectivity index (χ1v) is 4.90. The summed E-state index contributed by atoms with van der Waals surface area (Å²) in [5, 5.41) is 9.84. The fourth-order valence-electron chi connectivity index (χ4n) is 1.04. The summed E-state index contributed by atoms with van der Waals surface area (Å²) < 4.78 is 0.689. The minimum absolute atomic E-state index is 0.296. The van der Waals surface area contributed by atoms with Gasteiger partial charge in [-0.05, 0) is 18.2 Å². The highest BCUT2D eigenvalue weighted by Gasteiger charge is 2.12. The lowest BCUT2D eigenvalue weighted by Gasteiger charge is -2.13. The van der Waals surface area contributed by atoms with E-state index in [0.717, 1.165) is 5.06 Å². The van der Waals surface area contributed by atoms with E-state index in [2.05, 4.69) is 15.9 Å². The van der Waals surface area contributed by atoms with E-state index in [9.17, 15) is 4.79 Å². The molecule has 1 aromatic carbocycles. The Bertz CT molecular complexity index is 426. The third-order valence-electron chi connectivity index (χ3n) is 1.83. The average molecular weight is 269 g/mol. The molecule has 1 amide bonds. The lowest BCUT2D eigenvalue weighted by Crippen LogP contribution is -2.25. The van der Waals surface area contributed by atoms with Crippen LogP contribution in [0.2, 0.25) is 0 Å². The van der Waals surface area contributed by atoms with Crippen LogP contribution in [0.25, 0.3) is 0 Å². The zero-order chi connectivity index (χ0) is 11.4. The molecule has 78 valence electrons. The summed E-state index contributed by atoms with van der Waals surface area (Å²) in [6.45, 7) is 0. The lowest BCUT2D eigenvalue weighted by molar-refractivity contribution is -0.0757. The van der Waals surface area contributed by atoms with E-state index in [0.29, 0.717) is 15.6 Å². The summed E-state index contributed by atoms with van der Waals surface area (Å²) in [7, 11) is 2.91. The molecule has 0 saturated carbocycles. The summed E-state index contributed by atoms with van der Waals surface area (Å²) >= 11 is 3.23. The van der Waals surface area contributed by atoms with Gasteiger partial charge in [0.2, 0.25) is 0 Å². The molecule has 1 aromatic rings. The van der Waals surface area contributed by atoms with Gasteiger partial charge in [0.05, 0.1) is 18.7 Å². The van der Waals surface area contributed by atoms with Gasteiger partial charge in [-0.1, -0.05) is 15.9 Å². The molecular weight excluding hydrogens is 260 g/mol. The van der Waals surface area contributed by atoms with Gasteiger partial charge >= 0.3 is 0 Å². The highest BCUT2D eigenvalue weighted by atomic mass is 79.9. The van der Waals surface area contributed by atoms with Crippen molar-refractivity contribution < 1.29 is 9.63 Å². The van der Waals surface area contributed by atoms with Gasteiger partial charge in [0.1, 0.15) is 0 Å². The number of hydrogen-bond acceptors (Lipinski definition) is 3. The van der Waals surface area contributed by atoms with Gasteiger partial charge in [-0.2, -0.15) is 5.26 Å². The Hall–Kier alpha value is -1.38. The Morgan fingerprint density at radius 2 is 2.20 bits per heavy atom. The van der Waals surface area contributed by atoms with Gasteiger partial charge in [-0.25, -0.2) is 5.06 Å². The molecule has 5 heteroatoms. The van der Waals surface area contributed by atoms with Crippen molar-refractivity contribution in [2.45, 2.75) is 0 Å². The van der Waals surface area contributed by atoms with Gasteiger partial charge in [-0.3, -0.25) is 9.63 Å². The predicted octanol–water partition coefficient (Wildman–Crippen LogP) is 1.95. The van der Waals surface area contributed by atoms with Crippen LogP contribution in [-0.2, 0) is 4.84 Å². The molecule has 4 nitrogen and oxygen atoms in total. The molecule has 0 aliphatic carbocycles. The number of hydroxylamine groups is 2. The van der Waals surface area contributed by atoms with Crippen molar-refractivity contribution in [3.63, 3.8) is 0 Å². The van der Waals surface area contributed by atoms with Gasteiger partial charge in [-0.15, -0.1) is 0 Å². The monoisotopic (exact) mass is 268 g/mol. The van der Waals surface area contributed by atoms with Crippen LogP contribution in [0, 0.1) is 11.3 Å². The molecule has 0 saturated heterocycles. The van der Waals surface area contributed by atoms with Crippen molar-refractivity contribution in [1.29, 1.82) is 5.26 Å². The second-order valence-electron chi connectivity index (χ2n) is 2.83. The maximum absolute atomic E-state index is 11.7. The predicted molar refractivity (Wildman–Crippen MR) is 58.0 cm³/mol. The number of hydrogen-bond donors (Lipinski definition) is 0. The normalized spacial score (nSPS) is 9.47. The third-order valence-corrected chi connectivity index (χ3v) is 2.29. The Balaban J connectivity index is 3.10. The Kier molecular flexibility index (Phi) is 3.83. The molecule has 0 radical (unpaired) electrons. The maximum atomic E-state index is 11.7. The van der Waals surface area contributed by atoms with Crippen LogP contribution in [0.5, 0.6) is 0 Å². The zero-order valence-electron chi connectivity index (χ0n) is 8.32. The van der Waals surface area contributed by atoms with Crippen molar-refractivity contribution in [2.24, 2.45) is 0 Å². The van der Waals surface area contributed by atoms with Gasteiger partial charge in [0.15, 0.2) is 0 Å². The third kappa shape index (κ3) is 2.78. The average Bonchev–Trinajstić information content (AvgIpc) is 2.26. The summed E-state index contributed by atoms with van der Waals surface area (Å²) in [5.41, 5.74) is 0.836. The van der Waals surface area contributed by atoms with E-state index in [1.165, 1.54) is 20.2 Å². The molecule has 0 heterocycles. The molecule has 0 N–H and O–H groups in total. The molecule has 0 aliphatic heterocycles. The Morgan fingerprint density at radius 3 is 2.73 bits per heavy atom. The van der Waals surface area contributed by atoms with Crippen LogP contribution in [0.15, 0.2) is 22.7 Å². The largest absolute Gasteiger partial charge is 0.277 e. The van der Waals surface area contributed by atoms with Crippen molar-refractivity contribution in [3.8, 4) is 6.07 Å². The van der Waals surface area contributed by atoms with E-state index >= 15 is 0 Å². The summed E-state index contributed by atoms with van der Waals surface area (Å²) in [6, 6.07) is 6.77. The molecule has 0 aliphatic rings. The second kappa shape index (κ2) is 4.91. The highest BCUT2D eigenvalue weighted by Crippen LogP contribution is 2.16. The molecule has 0 atom stereocenters. The van der Waals surface area contributed by atoms with E-state index in [1.54, 1.807) is 12.1 Å². The standard InChI is InChI=1S/C10H9BrN2O2/c1-13(15-2)10(14)8-3-7(6-12)4-9(11)5-8/h3-5H,1-2H3. The summed E-state index contributed by atoms with van der Waals surface area (Å²) in [5.74, 6) is -0.296. The van der Waals surface area contributed by atoms with Gasteiger partial charge < -0.3 is 0 Å². The highest BCUT2D eigenvalue weighted by molar-refractivity contribution is 9.10. The number of nitrogens with zero attached hydrogens (tertiary/aromatic N) is 2. The molecule has 0 spiro atoms. The number of benzene rings is 1. The number of halogens is 1. The zero-order valence-corrected chi connectivity index (χ0v) is 9.91. The molecule has 0 unspecified atom stereocenters. The van der Waals surface area contributed by atoms with E-state index in [4.69, 9.17) is 10.1 Å². The fourth-order valence-corrected chi connectivity index (χ4v) is 1.54. The SMILES string of the molecule is CON(C)C(=O)c1cc(Br)cc(C#N)c1. The maximum Gasteiger partial charge on any atom is 0.277 e. The van der Waals surface area contributed by atoms with Gasteiger partial charge in [0, 0.05) is 17.1 Å². The van der Waals surface area contributed by atoms with Gasteiger partial charge in [0.25, 0.3) is 5.91 Å². The van der Waals surface area contributed by atoms with Crippen molar-refractivity contribution >= 4 is 21.8 Å². The van der Waals surface area contributed by atoms with Crippen LogP contribution in [0.4, 0.5) is 0 Å². The van der Waals surface area contributed by atoms with Crippen molar-refractivity contribution in [2.75, 3.05) is 14.2 Å². The number of nitriles is 1. The quantitative estimate of drug-likeness (QED) is 0.771. The summed E-state index contributed by atoms with van der Waals surface area (Å²) in [6.07, 6.45) is 0. The summed E-state index contributed by atoms with van der Waals surface area (Å²) in [4.78, 5) is 16.4. The van der Waals surface area contributed by atoms with Crippen LogP contribution >= 0.6 is 15.9 Å².